The van der Waals surface area contributed by atoms with Gasteiger partial charge >= 0.3 is 0 Å². The minimum absolute atomic E-state index is 0. The average Bonchev–Trinajstić information content (AvgIpc) is 3.04. The summed E-state index contributed by atoms with van der Waals surface area (Å²) in [5, 5.41) is 7.15. The number of hydrogen-bond donors (Lipinski definition) is 2. The van der Waals surface area contributed by atoms with Gasteiger partial charge < -0.3 is 15.8 Å². The van der Waals surface area contributed by atoms with Crippen molar-refractivity contribution in [3.05, 3.63) is 12.2 Å². The number of aromatic nitrogens is 3. The van der Waals surface area contributed by atoms with Crippen molar-refractivity contribution in [3.8, 4) is 0 Å². The van der Waals surface area contributed by atoms with Gasteiger partial charge in [-0.05, 0) is 19.8 Å². The molecular weight excluding hydrogens is 359 g/mol. The van der Waals surface area contributed by atoms with E-state index in [-0.39, 0.29) is 30.1 Å². The molecule has 0 spiro atoms. The SMILES string of the molecule is CCn1ncnc1CN=C(N)NCC1CCCO1.I. The van der Waals surface area contributed by atoms with E-state index in [4.69, 9.17) is 10.5 Å². The molecule has 1 unspecified atom stereocenters. The lowest BCUT2D eigenvalue weighted by Gasteiger charge is -2.10. The monoisotopic (exact) mass is 380 g/mol. The Morgan fingerprint density at radius 1 is 1.68 bits per heavy atom. The molecule has 1 aliphatic rings. The highest BCUT2D eigenvalue weighted by Crippen LogP contribution is 2.10. The van der Waals surface area contributed by atoms with Gasteiger partial charge in [-0.15, -0.1) is 24.0 Å². The zero-order valence-corrected chi connectivity index (χ0v) is 13.4. The molecule has 0 amide bonds. The summed E-state index contributed by atoms with van der Waals surface area (Å²) in [7, 11) is 0. The molecule has 7 nitrogen and oxygen atoms in total. The predicted molar refractivity (Wildman–Crippen MR) is 83.4 cm³/mol. The summed E-state index contributed by atoms with van der Waals surface area (Å²) in [5.41, 5.74) is 5.79. The molecule has 1 atom stereocenters. The van der Waals surface area contributed by atoms with Crippen LogP contribution in [0.4, 0.5) is 0 Å². The van der Waals surface area contributed by atoms with Crippen molar-refractivity contribution in [2.24, 2.45) is 10.7 Å². The lowest BCUT2D eigenvalue weighted by molar-refractivity contribution is 0.114. The number of rotatable bonds is 5. The maximum Gasteiger partial charge on any atom is 0.189 e. The Labute approximate surface area is 130 Å². The molecule has 1 fully saturated rings. The predicted octanol–water partition coefficient (Wildman–Crippen LogP) is 0.499. The molecule has 19 heavy (non-hydrogen) atoms. The van der Waals surface area contributed by atoms with Crippen LogP contribution in [0.1, 0.15) is 25.6 Å². The van der Waals surface area contributed by atoms with Gasteiger partial charge in [-0.2, -0.15) is 5.10 Å². The Morgan fingerprint density at radius 2 is 2.53 bits per heavy atom. The van der Waals surface area contributed by atoms with Crippen molar-refractivity contribution < 1.29 is 4.74 Å². The van der Waals surface area contributed by atoms with E-state index in [1.165, 1.54) is 6.33 Å². The topological polar surface area (TPSA) is 90.4 Å². The van der Waals surface area contributed by atoms with Gasteiger partial charge in [0.15, 0.2) is 5.96 Å². The third-order valence-electron chi connectivity index (χ3n) is 2.92. The van der Waals surface area contributed by atoms with Crippen LogP contribution in [0.2, 0.25) is 0 Å². The Hall–Kier alpha value is -0.900. The molecule has 3 N–H and O–H groups in total. The maximum atomic E-state index is 5.79. The standard InChI is InChI=1S/C11H20N6O.HI/c1-2-17-10(15-8-16-17)7-14-11(12)13-6-9-4-3-5-18-9;/h8-9H,2-7H2,1H3,(H3,12,13,14);1H. The third-order valence-corrected chi connectivity index (χ3v) is 2.92. The molecule has 0 radical (unpaired) electrons. The van der Waals surface area contributed by atoms with Crippen molar-refractivity contribution in [2.75, 3.05) is 13.2 Å². The van der Waals surface area contributed by atoms with E-state index in [1.807, 2.05) is 6.92 Å². The van der Waals surface area contributed by atoms with Gasteiger partial charge in [-0.3, -0.25) is 0 Å². The van der Waals surface area contributed by atoms with Crippen LogP contribution in [0.3, 0.4) is 0 Å². The summed E-state index contributed by atoms with van der Waals surface area (Å²) >= 11 is 0. The minimum Gasteiger partial charge on any atom is -0.376 e. The number of aliphatic imine (C=N–C) groups is 1. The molecular formula is C11H21IN6O. The number of hydrogen-bond acceptors (Lipinski definition) is 4. The molecule has 2 rings (SSSR count). The highest BCUT2D eigenvalue weighted by atomic mass is 127. The summed E-state index contributed by atoms with van der Waals surface area (Å²) in [6.07, 6.45) is 4.01. The van der Waals surface area contributed by atoms with Crippen molar-refractivity contribution in [2.45, 2.75) is 39.0 Å². The number of nitrogens with two attached hydrogens (primary N) is 1. The highest BCUT2D eigenvalue weighted by molar-refractivity contribution is 14.0. The fourth-order valence-corrected chi connectivity index (χ4v) is 1.91. The molecule has 1 aromatic rings. The van der Waals surface area contributed by atoms with Crippen LogP contribution in [0.15, 0.2) is 11.3 Å². The Kier molecular flexibility index (Phi) is 7.06. The Morgan fingerprint density at radius 3 is 3.21 bits per heavy atom. The molecule has 2 heterocycles. The van der Waals surface area contributed by atoms with Gasteiger partial charge in [-0.1, -0.05) is 0 Å². The lowest BCUT2D eigenvalue weighted by Crippen LogP contribution is -2.37. The summed E-state index contributed by atoms with van der Waals surface area (Å²) in [6, 6.07) is 0. The number of nitrogens with zero attached hydrogens (tertiary/aromatic N) is 4. The molecule has 1 aliphatic heterocycles. The fraction of sp³-hybridized carbons (Fsp3) is 0.727. The third kappa shape index (κ3) is 4.94. The second-order valence-corrected chi connectivity index (χ2v) is 4.21. The zero-order chi connectivity index (χ0) is 12.8. The number of nitrogens with one attached hydrogen (secondary N) is 1. The summed E-state index contributed by atoms with van der Waals surface area (Å²) < 4.78 is 7.29. The van der Waals surface area contributed by atoms with Crippen molar-refractivity contribution >= 4 is 29.9 Å². The van der Waals surface area contributed by atoms with Gasteiger partial charge in [0, 0.05) is 19.7 Å². The second-order valence-electron chi connectivity index (χ2n) is 4.21. The Balaban J connectivity index is 0.00000180. The van der Waals surface area contributed by atoms with Crippen molar-refractivity contribution in [3.63, 3.8) is 0 Å². The fourth-order valence-electron chi connectivity index (χ4n) is 1.91. The van der Waals surface area contributed by atoms with Crippen LogP contribution in [-0.4, -0.2) is 40.0 Å². The summed E-state index contributed by atoms with van der Waals surface area (Å²) in [4.78, 5) is 8.37. The van der Waals surface area contributed by atoms with Crippen LogP contribution < -0.4 is 11.1 Å². The molecule has 0 saturated carbocycles. The minimum atomic E-state index is 0. The van der Waals surface area contributed by atoms with Crippen LogP contribution in [-0.2, 0) is 17.8 Å². The first-order valence-electron chi connectivity index (χ1n) is 6.31. The normalized spacial score (nSPS) is 19.2. The van der Waals surface area contributed by atoms with Crippen LogP contribution >= 0.6 is 24.0 Å². The number of guanidine groups is 1. The van der Waals surface area contributed by atoms with Crippen LogP contribution in [0.25, 0.3) is 0 Å². The van der Waals surface area contributed by atoms with Crippen molar-refractivity contribution in [1.29, 1.82) is 0 Å². The maximum absolute atomic E-state index is 5.79. The summed E-state index contributed by atoms with van der Waals surface area (Å²) in [6.45, 7) is 4.81. The molecule has 1 aromatic heterocycles. The lowest BCUT2D eigenvalue weighted by atomic mass is 10.2. The largest absolute Gasteiger partial charge is 0.376 e. The van der Waals surface area contributed by atoms with Crippen LogP contribution in [0.5, 0.6) is 0 Å². The van der Waals surface area contributed by atoms with Crippen molar-refractivity contribution in [1.82, 2.24) is 20.1 Å². The van der Waals surface area contributed by atoms with Gasteiger partial charge in [-0.25, -0.2) is 14.7 Å². The second kappa shape index (κ2) is 8.31. The molecule has 0 bridgehead atoms. The average molecular weight is 380 g/mol. The van der Waals surface area contributed by atoms with E-state index < -0.39 is 0 Å². The van der Waals surface area contributed by atoms with Gasteiger partial charge in [0.1, 0.15) is 18.7 Å². The van der Waals surface area contributed by atoms with Gasteiger partial charge in [0.05, 0.1) is 6.10 Å². The zero-order valence-electron chi connectivity index (χ0n) is 11.1. The first-order chi connectivity index (χ1) is 8.79. The van der Waals surface area contributed by atoms with Gasteiger partial charge in [0.25, 0.3) is 0 Å². The van der Waals surface area contributed by atoms with E-state index in [0.717, 1.165) is 38.4 Å². The summed E-state index contributed by atoms with van der Waals surface area (Å²) in [5.74, 6) is 1.25. The first kappa shape index (κ1) is 16.2. The highest BCUT2D eigenvalue weighted by Gasteiger charge is 2.14. The number of aryl methyl sites for hydroxylation is 1. The van der Waals surface area contributed by atoms with E-state index in [9.17, 15) is 0 Å². The van der Waals surface area contributed by atoms with E-state index in [0.29, 0.717) is 12.5 Å². The Bertz CT molecular complexity index is 402. The smallest absolute Gasteiger partial charge is 0.189 e. The van der Waals surface area contributed by atoms with E-state index >= 15 is 0 Å². The van der Waals surface area contributed by atoms with E-state index in [1.54, 1.807) is 4.68 Å². The number of ether oxygens (including phenoxy) is 1. The first-order valence-corrected chi connectivity index (χ1v) is 6.31. The molecule has 108 valence electrons. The molecule has 1 saturated heterocycles. The quantitative estimate of drug-likeness (QED) is 0.441. The molecule has 0 aromatic carbocycles. The van der Waals surface area contributed by atoms with E-state index in [2.05, 4.69) is 20.4 Å². The number of halogens is 1. The molecule has 8 heteroatoms. The van der Waals surface area contributed by atoms with Crippen LogP contribution in [0, 0.1) is 0 Å². The van der Waals surface area contributed by atoms with Gasteiger partial charge in [0.2, 0.25) is 0 Å². The molecule has 0 aliphatic carbocycles.